The van der Waals surface area contributed by atoms with Crippen LogP contribution in [0.1, 0.15) is 35.3 Å². The second-order valence-electron chi connectivity index (χ2n) is 6.84. The highest BCUT2D eigenvalue weighted by molar-refractivity contribution is 9.10. The van der Waals surface area contributed by atoms with E-state index in [9.17, 15) is 4.79 Å². The Labute approximate surface area is 162 Å². The molecule has 1 aromatic heterocycles. The number of aryl methyl sites for hydroxylation is 1. The van der Waals surface area contributed by atoms with Gasteiger partial charge in [0.25, 0.3) is 5.91 Å². The number of hydrogen-bond donors (Lipinski definition) is 1. The Morgan fingerprint density at radius 3 is 2.54 bits per heavy atom. The molecule has 0 bridgehead atoms. The molecular formula is C20H24BrN3O2. The molecule has 2 aromatic rings. The number of amides is 1. The van der Waals surface area contributed by atoms with Crippen LogP contribution in [0.4, 0.5) is 5.82 Å². The fourth-order valence-corrected chi connectivity index (χ4v) is 3.65. The molecule has 2 unspecified atom stereocenters. The molecule has 1 N–H and O–H groups in total. The lowest BCUT2D eigenvalue weighted by molar-refractivity contribution is -0.0586. The lowest BCUT2D eigenvalue weighted by atomic mass is 10.1. The molecule has 1 aliphatic heterocycles. The van der Waals surface area contributed by atoms with Gasteiger partial charge in [-0.2, -0.15) is 0 Å². The number of pyridine rings is 1. The van der Waals surface area contributed by atoms with E-state index in [0.717, 1.165) is 21.4 Å². The molecule has 6 heteroatoms. The first-order chi connectivity index (χ1) is 12.4. The van der Waals surface area contributed by atoms with Crippen LogP contribution in [0.5, 0.6) is 0 Å². The van der Waals surface area contributed by atoms with Crippen LogP contribution in [0.25, 0.3) is 0 Å². The minimum Gasteiger partial charge on any atom is -0.372 e. The minimum atomic E-state index is 0.0666. The van der Waals surface area contributed by atoms with Gasteiger partial charge in [-0.3, -0.25) is 4.79 Å². The number of hydrogen-bond acceptors (Lipinski definition) is 4. The van der Waals surface area contributed by atoms with E-state index in [0.29, 0.717) is 25.2 Å². The Kier molecular flexibility index (Phi) is 5.94. The molecule has 2 heterocycles. The maximum atomic E-state index is 12.7. The highest BCUT2D eigenvalue weighted by Crippen LogP contribution is 2.18. The van der Waals surface area contributed by atoms with Crippen LogP contribution < -0.4 is 5.32 Å². The van der Waals surface area contributed by atoms with Crippen LogP contribution in [-0.2, 0) is 11.3 Å². The quantitative estimate of drug-likeness (QED) is 0.815. The van der Waals surface area contributed by atoms with Crippen molar-refractivity contribution in [1.29, 1.82) is 0 Å². The summed E-state index contributed by atoms with van der Waals surface area (Å²) in [6.07, 6.45) is 1.93. The van der Waals surface area contributed by atoms with E-state index in [1.54, 1.807) is 6.20 Å². The average molecular weight is 418 g/mol. The average Bonchev–Trinajstić information content (AvgIpc) is 2.60. The first kappa shape index (κ1) is 18.9. The molecule has 2 atom stereocenters. The molecule has 1 aromatic carbocycles. The molecule has 0 saturated carbocycles. The Morgan fingerprint density at radius 2 is 1.92 bits per heavy atom. The van der Waals surface area contributed by atoms with E-state index in [1.165, 1.54) is 0 Å². The van der Waals surface area contributed by atoms with Crippen molar-refractivity contribution in [3.63, 3.8) is 0 Å². The number of aromatic nitrogens is 1. The number of carbonyl (C=O) groups excluding carboxylic acids is 1. The third kappa shape index (κ3) is 4.62. The van der Waals surface area contributed by atoms with Gasteiger partial charge in [0, 0.05) is 35.9 Å². The molecule has 0 radical (unpaired) electrons. The molecule has 1 saturated heterocycles. The Morgan fingerprint density at radius 1 is 1.27 bits per heavy atom. The lowest BCUT2D eigenvalue weighted by Gasteiger charge is -2.35. The van der Waals surface area contributed by atoms with Crippen LogP contribution >= 0.6 is 15.9 Å². The maximum Gasteiger partial charge on any atom is 0.254 e. The van der Waals surface area contributed by atoms with Gasteiger partial charge < -0.3 is 15.0 Å². The van der Waals surface area contributed by atoms with Crippen molar-refractivity contribution in [3.8, 4) is 0 Å². The summed E-state index contributed by atoms with van der Waals surface area (Å²) < 4.78 is 6.67. The summed E-state index contributed by atoms with van der Waals surface area (Å²) in [6.45, 7) is 7.97. The van der Waals surface area contributed by atoms with Crippen molar-refractivity contribution in [3.05, 3.63) is 57.7 Å². The second kappa shape index (κ2) is 8.18. The van der Waals surface area contributed by atoms with E-state index in [4.69, 9.17) is 4.74 Å². The third-order valence-corrected chi connectivity index (χ3v) is 4.85. The summed E-state index contributed by atoms with van der Waals surface area (Å²) in [6, 6.07) is 9.79. The zero-order valence-electron chi connectivity index (χ0n) is 15.3. The zero-order valence-corrected chi connectivity index (χ0v) is 16.9. The summed E-state index contributed by atoms with van der Waals surface area (Å²) in [5.74, 6) is 0.932. The summed E-state index contributed by atoms with van der Waals surface area (Å²) in [5.41, 5.74) is 2.91. The Bertz CT molecular complexity index is 769. The molecule has 0 spiro atoms. The lowest BCUT2D eigenvalue weighted by Crippen LogP contribution is -2.48. The van der Waals surface area contributed by atoms with Gasteiger partial charge in [0.1, 0.15) is 5.82 Å². The Balaban J connectivity index is 1.62. The van der Waals surface area contributed by atoms with Gasteiger partial charge in [-0.1, -0.05) is 12.1 Å². The van der Waals surface area contributed by atoms with E-state index < -0.39 is 0 Å². The maximum absolute atomic E-state index is 12.7. The van der Waals surface area contributed by atoms with Gasteiger partial charge in [-0.15, -0.1) is 0 Å². The van der Waals surface area contributed by atoms with Crippen LogP contribution in [0.3, 0.4) is 0 Å². The highest BCUT2D eigenvalue weighted by Gasteiger charge is 2.26. The van der Waals surface area contributed by atoms with Gasteiger partial charge in [0.15, 0.2) is 0 Å². The van der Waals surface area contributed by atoms with E-state index >= 15 is 0 Å². The number of nitrogens with one attached hydrogen (secondary N) is 1. The summed E-state index contributed by atoms with van der Waals surface area (Å²) in [7, 11) is 0. The van der Waals surface area contributed by atoms with Gasteiger partial charge in [0.05, 0.1) is 12.2 Å². The fourth-order valence-electron chi connectivity index (χ4n) is 3.20. The molecule has 26 heavy (non-hydrogen) atoms. The summed E-state index contributed by atoms with van der Waals surface area (Å²) >= 11 is 3.42. The standard InChI is InChI=1S/C20H24BrN3O2/c1-13-8-18(21)10-23-19(13)22-9-16-4-6-17(7-5-16)20(25)24-11-14(2)26-15(3)12-24/h4-8,10,14-15H,9,11-12H2,1-3H3,(H,22,23). The van der Waals surface area contributed by atoms with E-state index in [1.807, 2.05) is 56.0 Å². The number of halogens is 1. The number of rotatable bonds is 4. The molecule has 1 amide bonds. The highest BCUT2D eigenvalue weighted by atomic mass is 79.9. The van der Waals surface area contributed by atoms with Crippen LogP contribution in [0, 0.1) is 6.92 Å². The molecule has 3 rings (SSSR count). The van der Waals surface area contributed by atoms with Gasteiger partial charge in [-0.05, 0) is 66.0 Å². The van der Waals surface area contributed by atoms with Gasteiger partial charge >= 0.3 is 0 Å². The van der Waals surface area contributed by atoms with Crippen molar-refractivity contribution in [2.75, 3.05) is 18.4 Å². The number of carbonyl (C=O) groups is 1. The van der Waals surface area contributed by atoms with Crippen molar-refractivity contribution in [2.24, 2.45) is 0 Å². The second-order valence-corrected chi connectivity index (χ2v) is 7.75. The number of anilines is 1. The zero-order chi connectivity index (χ0) is 18.7. The Hall–Kier alpha value is -1.92. The predicted octanol–water partition coefficient (Wildman–Crippen LogP) is 4.01. The van der Waals surface area contributed by atoms with Gasteiger partial charge in [-0.25, -0.2) is 4.98 Å². The number of morpholine rings is 1. The normalized spacial score (nSPS) is 20.1. The van der Waals surface area contributed by atoms with Crippen molar-refractivity contribution in [2.45, 2.75) is 39.5 Å². The van der Waals surface area contributed by atoms with Crippen molar-refractivity contribution < 1.29 is 9.53 Å². The molecule has 1 aliphatic rings. The molecule has 5 nitrogen and oxygen atoms in total. The first-order valence-electron chi connectivity index (χ1n) is 8.82. The smallest absolute Gasteiger partial charge is 0.254 e. The monoisotopic (exact) mass is 417 g/mol. The minimum absolute atomic E-state index is 0.0666. The van der Waals surface area contributed by atoms with Crippen LogP contribution in [0.2, 0.25) is 0 Å². The molecule has 1 fully saturated rings. The largest absolute Gasteiger partial charge is 0.372 e. The van der Waals surface area contributed by atoms with Crippen molar-refractivity contribution >= 4 is 27.7 Å². The van der Waals surface area contributed by atoms with Crippen LogP contribution in [-0.4, -0.2) is 41.1 Å². The summed E-state index contributed by atoms with van der Waals surface area (Å²) in [5, 5.41) is 3.34. The molecule has 0 aliphatic carbocycles. The van der Waals surface area contributed by atoms with E-state index in [2.05, 4.69) is 26.2 Å². The van der Waals surface area contributed by atoms with Crippen LogP contribution in [0.15, 0.2) is 41.0 Å². The topological polar surface area (TPSA) is 54.5 Å². The number of nitrogens with zero attached hydrogens (tertiary/aromatic N) is 2. The van der Waals surface area contributed by atoms with Gasteiger partial charge in [0.2, 0.25) is 0 Å². The first-order valence-corrected chi connectivity index (χ1v) is 9.61. The third-order valence-electron chi connectivity index (χ3n) is 4.41. The fraction of sp³-hybridized carbons (Fsp3) is 0.400. The SMILES string of the molecule is Cc1cc(Br)cnc1NCc1ccc(C(=O)N2CC(C)OC(C)C2)cc1. The molecule has 138 valence electrons. The molecular weight excluding hydrogens is 394 g/mol. The summed E-state index contributed by atoms with van der Waals surface area (Å²) in [4.78, 5) is 19.0. The number of benzene rings is 1. The predicted molar refractivity (Wildman–Crippen MR) is 106 cm³/mol. The van der Waals surface area contributed by atoms with E-state index in [-0.39, 0.29) is 18.1 Å². The number of ether oxygens (including phenoxy) is 1. The van der Waals surface area contributed by atoms with Crippen molar-refractivity contribution in [1.82, 2.24) is 9.88 Å².